The number of fused-ring (bicyclic) bond motifs is 1. The monoisotopic (exact) mass is 265 g/mol. The Labute approximate surface area is 119 Å². The van der Waals surface area contributed by atoms with Crippen LogP contribution in [-0.4, -0.2) is 14.8 Å². The molecule has 2 aromatic heterocycles. The highest BCUT2D eigenvalue weighted by molar-refractivity contribution is 5.89. The highest BCUT2D eigenvalue weighted by Crippen LogP contribution is 2.31. The van der Waals surface area contributed by atoms with Crippen LogP contribution in [-0.2, 0) is 0 Å². The summed E-state index contributed by atoms with van der Waals surface area (Å²) in [5.41, 5.74) is 6.30. The van der Waals surface area contributed by atoms with Crippen molar-refractivity contribution in [3.63, 3.8) is 0 Å². The molecule has 102 valence electrons. The van der Waals surface area contributed by atoms with Gasteiger partial charge < -0.3 is 4.57 Å². The Morgan fingerprint density at radius 2 is 1.80 bits per heavy atom. The lowest BCUT2D eigenvalue weighted by molar-refractivity contribution is 0.606. The van der Waals surface area contributed by atoms with Crippen molar-refractivity contribution in [2.45, 2.75) is 33.7 Å². The molecule has 0 bridgehead atoms. The van der Waals surface area contributed by atoms with E-state index in [1.54, 1.807) is 6.20 Å². The number of aromatic nitrogens is 3. The Kier molecular flexibility index (Phi) is 3.05. The van der Waals surface area contributed by atoms with E-state index in [0.717, 1.165) is 5.56 Å². The predicted octanol–water partition coefficient (Wildman–Crippen LogP) is 4.30. The Morgan fingerprint density at radius 1 is 1.00 bits per heavy atom. The fourth-order valence-corrected chi connectivity index (χ4v) is 2.91. The second-order valence-corrected chi connectivity index (χ2v) is 5.54. The van der Waals surface area contributed by atoms with Gasteiger partial charge in [-0.15, -0.1) is 0 Å². The second kappa shape index (κ2) is 4.75. The maximum absolute atomic E-state index is 3.96. The first kappa shape index (κ1) is 12.9. The zero-order chi connectivity index (χ0) is 14.3. The number of nitrogens with zero attached hydrogens (tertiary/aromatic N) is 3. The number of rotatable bonds is 2. The number of aryl methyl sites for hydroxylation is 1. The topological polar surface area (TPSA) is 30.7 Å². The van der Waals surface area contributed by atoms with Gasteiger partial charge >= 0.3 is 0 Å². The summed E-state index contributed by atoms with van der Waals surface area (Å²) in [5, 5.41) is 9.14. The molecule has 20 heavy (non-hydrogen) atoms. The van der Waals surface area contributed by atoms with Crippen LogP contribution < -0.4 is 0 Å². The lowest BCUT2D eigenvalue weighted by Crippen LogP contribution is -2.02. The Morgan fingerprint density at radius 3 is 2.45 bits per heavy atom. The predicted molar refractivity (Wildman–Crippen MR) is 82.8 cm³/mol. The van der Waals surface area contributed by atoms with Crippen LogP contribution in [0.2, 0.25) is 0 Å². The van der Waals surface area contributed by atoms with E-state index < -0.39 is 0 Å². The van der Waals surface area contributed by atoms with Crippen molar-refractivity contribution < 1.29 is 0 Å². The normalized spacial score (nSPS) is 11.4. The van der Waals surface area contributed by atoms with Crippen molar-refractivity contribution in [1.82, 2.24) is 14.8 Å². The standard InChI is InChI=1S/C17H19N3/c1-11(2)20-13(4)12(3)16-6-5-14(9-17(16)20)15-7-8-18-19-10-15/h5-11H,1-4H3. The first-order valence-corrected chi connectivity index (χ1v) is 6.98. The van der Waals surface area contributed by atoms with E-state index in [1.165, 1.54) is 27.7 Å². The van der Waals surface area contributed by atoms with E-state index >= 15 is 0 Å². The van der Waals surface area contributed by atoms with Crippen molar-refractivity contribution in [2.75, 3.05) is 0 Å². The van der Waals surface area contributed by atoms with Gasteiger partial charge in [-0.2, -0.15) is 10.2 Å². The smallest absolute Gasteiger partial charge is 0.0574 e. The van der Waals surface area contributed by atoms with Crippen LogP contribution in [0.1, 0.15) is 31.1 Å². The summed E-state index contributed by atoms with van der Waals surface area (Å²) >= 11 is 0. The molecule has 0 saturated carbocycles. The molecule has 0 aliphatic heterocycles. The lowest BCUT2D eigenvalue weighted by atomic mass is 10.1. The van der Waals surface area contributed by atoms with Crippen molar-refractivity contribution in [3.05, 3.63) is 47.9 Å². The summed E-state index contributed by atoms with van der Waals surface area (Å²) in [6.45, 7) is 8.85. The van der Waals surface area contributed by atoms with E-state index in [-0.39, 0.29) is 0 Å². The molecule has 3 heteroatoms. The molecule has 0 amide bonds. The minimum Gasteiger partial charge on any atom is -0.342 e. The van der Waals surface area contributed by atoms with Gasteiger partial charge in [0.05, 0.1) is 12.4 Å². The van der Waals surface area contributed by atoms with Gasteiger partial charge in [-0.25, -0.2) is 0 Å². The van der Waals surface area contributed by atoms with Gasteiger partial charge in [0.2, 0.25) is 0 Å². The van der Waals surface area contributed by atoms with Crippen LogP contribution in [0.4, 0.5) is 0 Å². The number of benzene rings is 1. The third-order valence-corrected chi connectivity index (χ3v) is 4.00. The van der Waals surface area contributed by atoms with Crippen LogP contribution in [0, 0.1) is 13.8 Å². The van der Waals surface area contributed by atoms with Gasteiger partial charge in [-0.1, -0.05) is 12.1 Å². The quantitative estimate of drug-likeness (QED) is 0.691. The number of hydrogen-bond acceptors (Lipinski definition) is 2. The zero-order valence-corrected chi connectivity index (χ0v) is 12.4. The third-order valence-electron chi connectivity index (χ3n) is 4.00. The molecule has 0 aliphatic rings. The third kappa shape index (κ3) is 1.90. The van der Waals surface area contributed by atoms with E-state index in [4.69, 9.17) is 0 Å². The molecular weight excluding hydrogens is 246 g/mol. The average molecular weight is 265 g/mol. The first-order valence-electron chi connectivity index (χ1n) is 6.98. The largest absolute Gasteiger partial charge is 0.342 e. The SMILES string of the molecule is Cc1c(C)n(C(C)C)c2cc(-c3ccnnc3)ccc12. The molecule has 3 aromatic rings. The van der Waals surface area contributed by atoms with E-state index in [1.807, 2.05) is 12.3 Å². The summed E-state index contributed by atoms with van der Waals surface area (Å²) in [6.07, 6.45) is 3.54. The highest BCUT2D eigenvalue weighted by Gasteiger charge is 2.13. The van der Waals surface area contributed by atoms with Crippen molar-refractivity contribution in [3.8, 4) is 11.1 Å². The molecule has 0 N–H and O–H groups in total. The molecule has 3 rings (SSSR count). The van der Waals surface area contributed by atoms with Crippen molar-refractivity contribution >= 4 is 10.9 Å². The fourth-order valence-electron chi connectivity index (χ4n) is 2.91. The molecular formula is C17H19N3. The average Bonchev–Trinajstić information content (AvgIpc) is 2.71. The van der Waals surface area contributed by atoms with Crippen LogP contribution in [0.3, 0.4) is 0 Å². The Bertz CT molecular complexity index is 755. The van der Waals surface area contributed by atoms with Gasteiger partial charge in [0, 0.05) is 28.2 Å². The summed E-state index contributed by atoms with van der Waals surface area (Å²) in [5.74, 6) is 0. The molecule has 1 aromatic carbocycles. The minimum absolute atomic E-state index is 0.456. The summed E-state index contributed by atoms with van der Waals surface area (Å²) < 4.78 is 2.41. The van der Waals surface area contributed by atoms with Gasteiger partial charge in [0.15, 0.2) is 0 Å². The van der Waals surface area contributed by atoms with Gasteiger partial charge in [0.25, 0.3) is 0 Å². The summed E-state index contributed by atoms with van der Waals surface area (Å²) in [6, 6.07) is 9.09. The molecule has 0 aliphatic carbocycles. The molecule has 0 unspecified atom stereocenters. The highest BCUT2D eigenvalue weighted by atomic mass is 15.1. The zero-order valence-electron chi connectivity index (χ0n) is 12.4. The fraction of sp³-hybridized carbons (Fsp3) is 0.294. The van der Waals surface area contributed by atoms with Gasteiger partial charge in [-0.3, -0.25) is 0 Å². The van der Waals surface area contributed by atoms with E-state index in [2.05, 4.69) is 60.7 Å². The van der Waals surface area contributed by atoms with Gasteiger partial charge in [0.1, 0.15) is 0 Å². The minimum atomic E-state index is 0.456. The number of hydrogen-bond donors (Lipinski definition) is 0. The van der Waals surface area contributed by atoms with Crippen LogP contribution >= 0.6 is 0 Å². The van der Waals surface area contributed by atoms with Crippen LogP contribution in [0.5, 0.6) is 0 Å². The molecule has 2 heterocycles. The van der Waals surface area contributed by atoms with Crippen molar-refractivity contribution in [2.24, 2.45) is 0 Å². The second-order valence-electron chi connectivity index (χ2n) is 5.54. The van der Waals surface area contributed by atoms with Crippen LogP contribution in [0.25, 0.3) is 22.0 Å². The molecule has 3 nitrogen and oxygen atoms in total. The van der Waals surface area contributed by atoms with Crippen LogP contribution in [0.15, 0.2) is 36.7 Å². The van der Waals surface area contributed by atoms with E-state index in [0.29, 0.717) is 6.04 Å². The molecule has 0 atom stereocenters. The molecule has 0 spiro atoms. The summed E-state index contributed by atoms with van der Waals surface area (Å²) in [4.78, 5) is 0. The van der Waals surface area contributed by atoms with Crippen molar-refractivity contribution in [1.29, 1.82) is 0 Å². The molecule has 0 saturated heterocycles. The maximum atomic E-state index is 3.96. The maximum Gasteiger partial charge on any atom is 0.0574 e. The Balaban J connectivity index is 2.28. The van der Waals surface area contributed by atoms with E-state index in [9.17, 15) is 0 Å². The Hall–Kier alpha value is -2.16. The summed E-state index contributed by atoms with van der Waals surface area (Å²) in [7, 11) is 0. The molecule has 0 fully saturated rings. The molecule has 0 radical (unpaired) electrons. The van der Waals surface area contributed by atoms with Gasteiger partial charge in [-0.05, 0) is 51.0 Å². The first-order chi connectivity index (χ1) is 9.59. The lowest BCUT2D eigenvalue weighted by Gasteiger charge is -2.13.